The van der Waals surface area contributed by atoms with Gasteiger partial charge in [-0.1, -0.05) is 6.07 Å². The first-order valence-electron chi connectivity index (χ1n) is 5.58. The lowest BCUT2D eigenvalue weighted by Crippen LogP contribution is -2.25. The minimum Gasteiger partial charge on any atom is -0.307 e. The molecule has 0 unspecified atom stereocenters. The van der Waals surface area contributed by atoms with E-state index in [1.165, 1.54) is 16.7 Å². The Hall–Kier alpha value is -2.48. The Morgan fingerprint density at radius 3 is 2.42 bits per heavy atom. The minimum absolute atomic E-state index is 0.0534. The molecule has 0 aliphatic heterocycles. The summed E-state index contributed by atoms with van der Waals surface area (Å²) in [6.07, 6.45) is 0. The third kappa shape index (κ3) is 2.38. The Labute approximate surface area is 108 Å². The van der Waals surface area contributed by atoms with E-state index in [2.05, 4.69) is 0 Å². The molecule has 1 aromatic heterocycles. The van der Waals surface area contributed by atoms with E-state index in [1.54, 1.807) is 19.1 Å². The number of benzene rings is 1. The predicted molar refractivity (Wildman–Crippen MR) is 65.6 cm³/mol. The number of nitrogens with zero attached hydrogens (tertiary/aromatic N) is 2. The van der Waals surface area contributed by atoms with Gasteiger partial charge in [0.15, 0.2) is 0 Å². The van der Waals surface area contributed by atoms with Gasteiger partial charge >= 0.3 is 0 Å². The van der Waals surface area contributed by atoms with E-state index in [0.29, 0.717) is 5.69 Å². The van der Waals surface area contributed by atoms with Gasteiger partial charge in [-0.15, -0.1) is 0 Å². The highest BCUT2D eigenvalue weighted by Crippen LogP contribution is 2.13. The molecule has 3 nitrogen and oxygen atoms in total. The molecular formula is C14H10F2N2O. The lowest BCUT2D eigenvalue weighted by molar-refractivity contribution is 0.539. The molecule has 0 saturated carbocycles. The molecule has 0 atom stereocenters. The van der Waals surface area contributed by atoms with Crippen molar-refractivity contribution in [3.8, 4) is 6.07 Å². The summed E-state index contributed by atoms with van der Waals surface area (Å²) in [7, 11) is 0. The molecule has 19 heavy (non-hydrogen) atoms. The fourth-order valence-electron chi connectivity index (χ4n) is 1.79. The van der Waals surface area contributed by atoms with Crippen LogP contribution in [-0.2, 0) is 6.54 Å². The van der Waals surface area contributed by atoms with Gasteiger partial charge in [0.05, 0.1) is 6.54 Å². The molecule has 0 aliphatic carbocycles. The summed E-state index contributed by atoms with van der Waals surface area (Å²) >= 11 is 0. The molecule has 2 aromatic rings. The monoisotopic (exact) mass is 260 g/mol. The van der Waals surface area contributed by atoms with Crippen LogP contribution in [0.15, 0.2) is 35.1 Å². The molecule has 0 radical (unpaired) electrons. The number of nitriles is 1. The number of pyridine rings is 1. The molecule has 0 fully saturated rings. The van der Waals surface area contributed by atoms with Gasteiger partial charge < -0.3 is 4.57 Å². The van der Waals surface area contributed by atoms with Gasteiger partial charge in [-0.25, -0.2) is 8.78 Å². The first-order chi connectivity index (χ1) is 9.04. The molecule has 2 rings (SSSR count). The van der Waals surface area contributed by atoms with Gasteiger partial charge in [0, 0.05) is 11.3 Å². The predicted octanol–water partition coefficient (Wildman–Crippen LogP) is 2.35. The van der Waals surface area contributed by atoms with Crippen molar-refractivity contribution in [3.05, 3.63) is 69.1 Å². The maximum absolute atomic E-state index is 13.6. The summed E-state index contributed by atoms with van der Waals surface area (Å²) in [4.78, 5) is 11.9. The first kappa shape index (κ1) is 13.0. The van der Waals surface area contributed by atoms with Crippen molar-refractivity contribution in [1.29, 1.82) is 5.26 Å². The van der Waals surface area contributed by atoms with Crippen LogP contribution < -0.4 is 5.56 Å². The molecule has 1 aromatic carbocycles. The fraction of sp³-hybridized carbons (Fsp3) is 0.143. The van der Waals surface area contributed by atoms with Crippen molar-refractivity contribution in [1.82, 2.24) is 4.57 Å². The Balaban J connectivity index is 2.57. The second-order valence-corrected chi connectivity index (χ2v) is 4.09. The van der Waals surface area contributed by atoms with Crippen LogP contribution in [0.5, 0.6) is 0 Å². The van der Waals surface area contributed by atoms with Crippen LogP contribution in [0.3, 0.4) is 0 Å². The number of halogens is 2. The highest BCUT2D eigenvalue weighted by atomic mass is 19.1. The van der Waals surface area contributed by atoms with Gasteiger partial charge in [-0.2, -0.15) is 5.26 Å². The first-order valence-corrected chi connectivity index (χ1v) is 5.58. The van der Waals surface area contributed by atoms with Gasteiger partial charge in [0.2, 0.25) is 0 Å². The SMILES string of the molecule is Cc1ccc(C#N)c(=O)n1Cc1c(F)cccc1F. The van der Waals surface area contributed by atoms with Gasteiger partial charge in [0.25, 0.3) is 5.56 Å². The molecule has 0 spiro atoms. The van der Waals surface area contributed by atoms with E-state index in [9.17, 15) is 13.6 Å². The quantitative estimate of drug-likeness (QED) is 0.832. The standard InChI is InChI=1S/C14H10F2N2O/c1-9-5-6-10(7-17)14(19)18(9)8-11-12(15)3-2-4-13(11)16/h2-6H,8H2,1H3. The van der Waals surface area contributed by atoms with Crippen LogP contribution in [0, 0.1) is 29.9 Å². The zero-order valence-corrected chi connectivity index (χ0v) is 10.2. The average Bonchev–Trinajstić information content (AvgIpc) is 2.37. The summed E-state index contributed by atoms with van der Waals surface area (Å²) < 4.78 is 28.3. The Bertz CT molecular complexity index is 709. The van der Waals surface area contributed by atoms with Crippen molar-refractivity contribution in [2.45, 2.75) is 13.5 Å². The van der Waals surface area contributed by atoms with Crippen molar-refractivity contribution < 1.29 is 8.78 Å². The summed E-state index contributed by atoms with van der Waals surface area (Å²) in [5.41, 5.74) is -0.262. The normalized spacial score (nSPS) is 10.2. The van der Waals surface area contributed by atoms with E-state index in [1.807, 2.05) is 0 Å². The van der Waals surface area contributed by atoms with E-state index in [4.69, 9.17) is 5.26 Å². The molecule has 0 saturated heterocycles. The molecule has 96 valence electrons. The number of hydrogen-bond donors (Lipinski definition) is 0. The van der Waals surface area contributed by atoms with Crippen LogP contribution in [-0.4, -0.2) is 4.57 Å². The van der Waals surface area contributed by atoms with E-state index in [0.717, 1.165) is 12.1 Å². The van der Waals surface area contributed by atoms with Gasteiger partial charge in [-0.05, 0) is 31.2 Å². The second-order valence-electron chi connectivity index (χ2n) is 4.09. The molecule has 0 bridgehead atoms. The lowest BCUT2D eigenvalue weighted by Gasteiger charge is -2.11. The second kappa shape index (κ2) is 5.02. The zero-order chi connectivity index (χ0) is 14.0. The molecule has 0 aliphatic rings. The van der Waals surface area contributed by atoms with Gasteiger partial charge in [-0.3, -0.25) is 4.79 Å². The number of aryl methyl sites for hydroxylation is 1. The number of rotatable bonds is 2. The van der Waals surface area contributed by atoms with Crippen LogP contribution >= 0.6 is 0 Å². The van der Waals surface area contributed by atoms with Crippen molar-refractivity contribution >= 4 is 0 Å². The molecule has 5 heteroatoms. The maximum Gasteiger partial charge on any atom is 0.268 e. The minimum atomic E-state index is -0.714. The summed E-state index contributed by atoms with van der Waals surface area (Å²) in [5.74, 6) is -1.43. The smallest absolute Gasteiger partial charge is 0.268 e. The van der Waals surface area contributed by atoms with Crippen molar-refractivity contribution in [2.24, 2.45) is 0 Å². The van der Waals surface area contributed by atoms with Gasteiger partial charge in [0.1, 0.15) is 23.3 Å². The van der Waals surface area contributed by atoms with Crippen molar-refractivity contribution in [3.63, 3.8) is 0 Å². The highest BCUT2D eigenvalue weighted by molar-refractivity contribution is 5.29. The van der Waals surface area contributed by atoms with E-state index < -0.39 is 17.2 Å². The van der Waals surface area contributed by atoms with Crippen LogP contribution in [0.1, 0.15) is 16.8 Å². The third-order valence-electron chi connectivity index (χ3n) is 2.89. The third-order valence-corrected chi connectivity index (χ3v) is 2.89. The number of hydrogen-bond acceptors (Lipinski definition) is 2. The van der Waals surface area contributed by atoms with Crippen molar-refractivity contribution in [2.75, 3.05) is 0 Å². The molecular weight excluding hydrogens is 250 g/mol. The summed E-state index contributed by atoms with van der Waals surface area (Å²) in [6, 6.07) is 8.24. The van der Waals surface area contributed by atoms with Crippen LogP contribution in [0.4, 0.5) is 8.78 Å². The van der Waals surface area contributed by atoms with Crippen LogP contribution in [0.2, 0.25) is 0 Å². The molecule has 1 heterocycles. The highest BCUT2D eigenvalue weighted by Gasteiger charge is 2.12. The van der Waals surface area contributed by atoms with E-state index in [-0.39, 0.29) is 17.7 Å². The molecule has 0 amide bonds. The summed E-state index contributed by atoms with van der Waals surface area (Å²) in [5, 5.41) is 8.80. The Morgan fingerprint density at radius 2 is 1.84 bits per heavy atom. The Morgan fingerprint density at radius 1 is 1.21 bits per heavy atom. The largest absolute Gasteiger partial charge is 0.307 e. The lowest BCUT2D eigenvalue weighted by atomic mass is 10.1. The maximum atomic E-state index is 13.6. The fourth-order valence-corrected chi connectivity index (χ4v) is 1.79. The average molecular weight is 260 g/mol. The summed E-state index contributed by atoms with van der Waals surface area (Å²) in [6.45, 7) is 1.40. The Kier molecular flexibility index (Phi) is 3.43. The molecule has 0 N–H and O–H groups in total. The number of aromatic nitrogens is 1. The zero-order valence-electron chi connectivity index (χ0n) is 10.2. The van der Waals surface area contributed by atoms with E-state index >= 15 is 0 Å². The van der Waals surface area contributed by atoms with Crippen LogP contribution in [0.25, 0.3) is 0 Å². The topological polar surface area (TPSA) is 45.8 Å².